The van der Waals surface area contributed by atoms with Crippen LogP contribution in [0.1, 0.15) is 36.6 Å². The van der Waals surface area contributed by atoms with Gasteiger partial charge in [-0.25, -0.2) is 14.5 Å². The summed E-state index contributed by atoms with van der Waals surface area (Å²) in [7, 11) is 0. The molecule has 0 aliphatic rings. The molecule has 0 bridgehead atoms. The summed E-state index contributed by atoms with van der Waals surface area (Å²) in [4.78, 5) is 12.5. The van der Waals surface area contributed by atoms with Gasteiger partial charge in [0.2, 0.25) is 11.9 Å². The van der Waals surface area contributed by atoms with Crippen LogP contribution in [0.25, 0.3) is 17.1 Å². The van der Waals surface area contributed by atoms with Crippen molar-refractivity contribution in [1.82, 2.24) is 14.8 Å². The number of hydrogen-bond acceptors (Lipinski definition) is 5. The number of hydrogen-bond donors (Lipinski definition) is 4. The lowest BCUT2D eigenvalue weighted by atomic mass is 9.98. The molecule has 0 aliphatic heterocycles. The molecule has 0 saturated heterocycles. The van der Waals surface area contributed by atoms with Crippen molar-refractivity contribution in [2.75, 3.05) is 0 Å². The van der Waals surface area contributed by atoms with Gasteiger partial charge in [-0.05, 0) is 41.3 Å². The average Bonchev–Trinajstić information content (AvgIpc) is 3.11. The summed E-state index contributed by atoms with van der Waals surface area (Å²) in [6, 6.07) is 15.6. The lowest BCUT2D eigenvalue weighted by Crippen LogP contribution is -2.34. The molecule has 0 saturated carbocycles. The summed E-state index contributed by atoms with van der Waals surface area (Å²) in [6.45, 7) is 3.85. The first-order valence-corrected chi connectivity index (χ1v) is 9.87. The van der Waals surface area contributed by atoms with Gasteiger partial charge >= 0.3 is 5.69 Å². The van der Waals surface area contributed by atoms with E-state index < -0.39 is 5.69 Å². The molecule has 2 heterocycles. The summed E-state index contributed by atoms with van der Waals surface area (Å²) in [5, 5.41) is 37.0. The quantitative estimate of drug-likeness (QED) is 0.293. The fourth-order valence-corrected chi connectivity index (χ4v) is 3.53. The van der Waals surface area contributed by atoms with Gasteiger partial charge in [0.25, 0.3) is 0 Å². The smallest absolute Gasteiger partial charge is 0.348 e. The van der Waals surface area contributed by atoms with E-state index in [0.717, 1.165) is 16.0 Å². The lowest BCUT2D eigenvalue weighted by molar-refractivity contribution is -0.909. The minimum absolute atomic E-state index is 0.00734. The third-order valence-corrected chi connectivity index (χ3v) is 5.18. The fraction of sp³-hybridized carbons (Fsp3) is 0.174. The Kier molecular flexibility index (Phi) is 5.21. The van der Waals surface area contributed by atoms with Crippen LogP contribution in [0.4, 0.5) is 0 Å². The van der Waals surface area contributed by atoms with E-state index >= 15 is 0 Å². The Balaban J connectivity index is 1.73. The van der Waals surface area contributed by atoms with Crippen LogP contribution >= 0.6 is 0 Å². The number of aromatic hydroxyl groups is 2. The van der Waals surface area contributed by atoms with E-state index in [9.17, 15) is 20.2 Å². The fourth-order valence-electron chi connectivity index (χ4n) is 3.53. The largest absolute Gasteiger partial charge is 0.508 e. The molecule has 8 nitrogen and oxygen atoms in total. The molecule has 4 rings (SSSR count). The SMILES string of the molecule is CC(C)c1cc(-c2n[nH]c(=O)n2-c2ccc(Cc3cccc[n+]3O)cc2)c(O)cc1O. The van der Waals surface area contributed by atoms with Gasteiger partial charge < -0.3 is 10.2 Å². The Morgan fingerprint density at radius 3 is 2.48 bits per heavy atom. The molecule has 0 radical (unpaired) electrons. The Labute approximate surface area is 178 Å². The summed E-state index contributed by atoms with van der Waals surface area (Å²) in [5.41, 5.74) is 2.79. The molecule has 4 aromatic rings. The van der Waals surface area contributed by atoms with Crippen LogP contribution in [-0.4, -0.2) is 30.2 Å². The highest BCUT2D eigenvalue weighted by Gasteiger charge is 2.19. The highest BCUT2D eigenvalue weighted by atomic mass is 16.5. The zero-order valence-corrected chi connectivity index (χ0v) is 17.1. The second-order valence-corrected chi connectivity index (χ2v) is 7.65. The third-order valence-electron chi connectivity index (χ3n) is 5.18. The third kappa shape index (κ3) is 3.87. The normalized spacial score (nSPS) is 11.2. The highest BCUT2D eigenvalue weighted by molar-refractivity contribution is 5.69. The molecular formula is C23H23N4O4+. The maximum Gasteiger partial charge on any atom is 0.348 e. The van der Waals surface area contributed by atoms with Gasteiger partial charge in [0.15, 0.2) is 5.82 Å². The lowest BCUT2D eigenvalue weighted by Gasteiger charge is -2.13. The molecule has 4 N–H and O–H groups in total. The summed E-state index contributed by atoms with van der Waals surface area (Å²) < 4.78 is 2.45. The number of phenols is 2. The molecule has 158 valence electrons. The summed E-state index contributed by atoms with van der Waals surface area (Å²) in [6.07, 6.45) is 2.08. The highest BCUT2D eigenvalue weighted by Crippen LogP contribution is 2.37. The Hall–Kier alpha value is -4.07. The standard InChI is InChI=1S/C23H22N4O4/c1-14(2)18-12-19(21(29)13-20(18)28)22-24-25-23(30)27(22)16-8-6-15(7-9-16)11-17-5-3-4-10-26(17)31/h3-10,12-14H,11H2,1-2H3,(H3-,24,25,28,29,30,31)/p+1. The van der Waals surface area contributed by atoms with Crippen LogP contribution in [0.3, 0.4) is 0 Å². The maximum absolute atomic E-state index is 12.5. The van der Waals surface area contributed by atoms with Gasteiger partial charge in [0, 0.05) is 22.9 Å². The van der Waals surface area contributed by atoms with E-state index in [1.165, 1.54) is 10.6 Å². The predicted molar refractivity (Wildman–Crippen MR) is 114 cm³/mol. The van der Waals surface area contributed by atoms with E-state index in [4.69, 9.17) is 0 Å². The van der Waals surface area contributed by atoms with E-state index in [1.807, 2.05) is 38.1 Å². The summed E-state index contributed by atoms with van der Waals surface area (Å²) in [5.74, 6) is 0.0841. The van der Waals surface area contributed by atoms with Gasteiger partial charge in [-0.2, -0.15) is 5.10 Å². The van der Waals surface area contributed by atoms with Crippen LogP contribution < -0.4 is 10.4 Å². The van der Waals surface area contributed by atoms with Crippen molar-refractivity contribution in [1.29, 1.82) is 0 Å². The molecular weight excluding hydrogens is 396 g/mol. The van der Waals surface area contributed by atoms with Gasteiger partial charge in [0.1, 0.15) is 11.5 Å². The number of nitrogens with zero attached hydrogens (tertiary/aromatic N) is 3. The van der Waals surface area contributed by atoms with Crippen LogP contribution in [0.15, 0.2) is 65.6 Å². The molecule has 2 aromatic carbocycles. The van der Waals surface area contributed by atoms with E-state index in [-0.39, 0.29) is 23.2 Å². The van der Waals surface area contributed by atoms with Gasteiger partial charge in [-0.1, -0.05) is 26.0 Å². The van der Waals surface area contributed by atoms with Crippen molar-refractivity contribution in [3.8, 4) is 28.6 Å². The van der Waals surface area contributed by atoms with Gasteiger partial charge in [-0.15, -0.1) is 0 Å². The van der Waals surface area contributed by atoms with Crippen LogP contribution in [-0.2, 0) is 6.42 Å². The molecule has 0 spiro atoms. The first-order valence-electron chi connectivity index (χ1n) is 9.87. The number of phenolic OH excluding ortho intramolecular Hbond substituents is 2. The van der Waals surface area contributed by atoms with Crippen LogP contribution in [0.2, 0.25) is 0 Å². The Morgan fingerprint density at radius 1 is 1.06 bits per heavy atom. The number of rotatable bonds is 5. The number of H-pyrrole nitrogens is 1. The number of aromatic amines is 1. The molecule has 31 heavy (non-hydrogen) atoms. The number of aromatic nitrogens is 4. The topological polar surface area (TPSA) is 115 Å². The van der Waals surface area contributed by atoms with Crippen LogP contribution in [0, 0.1) is 0 Å². The van der Waals surface area contributed by atoms with E-state index in [2.05, 4.69) is 10.2 Å². The molecule has 0 amide bonds. The predicted octanol–water partition coefficient (Wildman–Crippen LogP) is 2.88. The minimum Gasteiger partial charge on any atom is -0.508 e. The average molecular weight is 419 g/mol. The number of benzene rings is 2. The summed E-state index contributed by atoms with van der Waals surface area (Å²) >= 11 is 0. The van der Waals surface area contributed by atoms with Gasteiger partial charge in [0.05, 0.1) is 17.7 Å². The minimum atomic E-state index is -0.447. The van der Waals surface area contributed by atoms with Gasteiger partial charge in [-0.3, -0.25) is 5.21 Å². The van der Waals surface area contributed by atoms with E-state index in [0.29, 0.717) is 23.2 Å². The van der Waals surface area contributed by atoms with Crippen LogP contribution in [0.5, 0.6) is 11.5 Å². The number of nitrogens with one attached hydrogen (secondary N) is 1. The molecule has 0 unspecified atom stereocenters. The van der Waals surface area contributed by atoms with Crippen molar-refractivity contribution in [2.45, 2.75) is 26.2 Å². The molecule has 8 heteroatoms. The second kappa shape index (κ2) is 7.98. The van der Waals surface area contributed by atoms with Crippen molar-refractivity contribution >= 4 is 0 Å². The molecule has 0 atom stereocenters. The monoisotopic (exact) mass is 419 g/mol. The zero-order valence-electron chi connectivity index (χ0n) is 17.1. The zero-order chi connectivity index (χ0) is 22.1. The first kappa shape index (κ1) is 20.2. The Morgan fingerprint density at radius 2 is 1.81 bits per heavy atom. The first-order chi connectivity index (χ1) is 14.8. The van der Waals surface area contributed by atoms with Crippen molar-refractivity contribution in [3.05, 3.63) is 88.1 Å². The van der Waals surface area contributed by atoms with Crippen molar-refractivity contribution < 1.29 is 20.2 Å². The van der Waals surface area contributed by atoms with Crippen molar-refractivity contribution in [3.63, 3.8) is 0 Å². The number of pyridine rings is 1. The second-order valence-electron chi connectivity index (χ2n) is 7.65. The maximum atomic E-state index is 12.5. The van der Waals surface area contributed by atoms with Crippen molar-refractivity contribution in [2.24, 2.45) is 0 Å². The molecule has 2 aromatic heterocycles. The Bertz CT molecular complexity index is 1290. The molecule has 0 aliphatic carbocycles. The van der Waals surface area contributed by atoms with E-state index in [1.54, 1.807) is 30.5 Å². The molecule has 0 fully saturated rings.